The number of nitrogens with one attached hydrogen (secondary N) is 4. The van der Waals surface area contributed by atoms with Gasteiger partial charge >= 0.3 is 0 Å². The lowest BCUT2D eigenvalue weighted by Gasteiger charge is -2.24. The summed E-state index contributed by atoms with van der Waals surface area (Å²) in [6.07, 6.45) is -0.471. The summed E-state index contributed by atoms with van der Waals surface area (Å²) < 4.78 is 10.9. The van der Waals surface area contributed by atoms with Crippen molar-refractivity contribution in [3.8, 4) is 5.75 Å². The Morgan fingerprint density at radius 1 is 1.42 bits per heavy atom. The van der Waals surface area contributed by atoms with Crippen LogP contribution in [0.4, 0.5) is 11.4 Å². The summed E-state index contributed by atoms with van der Waals surface area (Å²) >= 11 is 5.32. The van der Waals surface area contributed by atoms with E-state index in [1.165, 1.54) is 4.90 Å². The van der Waals surface area contributed by atoms with Crippen molar-refractivity contribution in [3.63, 3.8) is 0 Å². The minimum absolute atomic E-state index is 0.145. The van der Waals surface area contributed by atoms with Crippen LogP contribution in [0.1, 0.15) is 6.92 Å². The van der Waals surface area contributed by atoms with Crippen LogP contribution in [0, 0.1) is 0 Å². The number of quaternary nitrogens is 1. The highest BCUT2D eigenvalue weighted by molar-refractivity contribution is 7.80. The van der Waals surface area contributed by atoms with E-state index >= 15 is 0 Å². The van der Waals surface area contributed by atoms with E-state index in [0.29, 0.717) is 16.5 Å². The van der Waals surface area contributed by atoms with Crippen molar-refractivity contribution in [1.29, 1.82) is 0 Å². The number of hydrogen-bond donors (Lipinski definition) is 4. The van der Waals surface area contributed by atoms with E-state index in [1.54, 1.807) is 6.92 Å². The van der Waals surface area contributed by atoms with Crippen LogP contribution in [0.25, 0.3) is 0 Å². The fourth-order valence-corrected chi connectivity index (χ4v) is 2.94. The van der Waals surface area contributed by atoms with Gasteiger partial charge in [0.05, 0.1) is 32.0 Å². The predicted octanol–water partition coefficient (Wildman–Crippen LogP) is -0.392. The minimum Gasteiger partial charge on any atom is -0.479 e. The molecule has 1 aromatic rings. The van der Waals surface area contributed by atoms with E-state index < -0.39 is 6.10 Å². The quantitative estimate of drug-likeness (QED) is 0.554. The summed E-state index contributed by atoms with van der Waals surface area (Å²) in [4.78, 5) is 13.2. The molecule has 1 aromatic carbocycles. The number of amides is 1. The largest absolute Gasteiger partial charge is 0.479 e. The normalized spacial score (nSPS) is 20.5. The van der Waals surface area contributed by atoms with Gasteiger partial charge in [0.25, 0.3) is 5.91 Å². The minimum atomic E-state index is -0.471. The molecule has 4 N–H and O–H groups in total. The van der Waals surface area contributed by atoms with Gasteiger partial charge in [0, 0.05) is 5.69 Å². The van der Waals surface area contributed by atoms with Crippen molar-refractivity contribution in [2.75, 3.05) is 50.0 Å². The number of ether oxygens (including phenoxy) is 2. The number of hydrogen-bond acceptors (Lipinski definition) is 4. The molecular weight excluding hydrogens is 328 g/mol. The summed E-state index contributed by atoms with van der Waals surface area (Å²) in [7, 11) is 0. The van der Waals surface area contributed by atoms with Crippen molar-refractivity contribution in [2.45, 2.75) is 13.0 Å². The molecule has 1 amide bonds. The van der Waals surface area contributed by atoms with Gasteiger partial charge < -0.3 is 30.3 Å². The standard InChI is InChI=1S/C16H22N4O3S/c1-11-15(21)19-13-10-12(2-3-14(13)23-11)18-16(24)17-4-5-20-6-8-22-9-7-20/h2-3,10-11H,4-9H2,1H3,(H,19,21)(H2,17,18,24)/p+1/t11-/m0/s1. The monoisotopic (exact) mass is 351 g/mol. The Kier molecular flexibility index (Phi) is 5.49. The molecule has 1 atom stereocenters. The van der Waals surface area contributed by atoms with E-state index in [9.17, 15) is 4.79 Å². The molecule has 24 heavy (non-hydrogen) atoms. The predicted molar refractivity (Wildman–Crippen MR) is 95.8 cm³/mol. The second kappa shape index (κ2) is 7.78. The van der Waals surface area contributed by atoms with Crippen LogP contribution in [0.2, 0.25) is 0 Å². The Bertz CT molecular complexity index is 619. The van der Waals surface area contributed by atoms with Gasteiger partial charge in [-0.1, -0.05) is 0 Å². The molecule has 0 aliphatic carbocycles. The lowest BCUT2D eigenvalue weighted by molar-refractivity contribution is -0.906. The summed E-state index contributed by atoms with van der Waals surface area (Å²) in [6, 6.07) is 5.53. The molecule has 1 saturated heterocycles. The fourth-order valence-electron chi connectivity index (χ4n) is 2.72. The molecule has 0 aromatic heterocycles. The zero-order valence-corrected chi connectivity index (χ0v) is 14.5. The van der Waals surface area contributed by atoms with Crippen molar-refractivity contribution in [3.05, 3.63) is 18.2 Å². The Hall–Kier alpha value is -1.90. The van der Waals surface area contributed by atoms with Crippen LogP contribution in [0.15, 0.2) is 18.2 Å². The van der Waals surface area contributed by atoms with Gasteiger partial charge in [-0.15, -0.1) is 0 Å². The third-order valence-electron chi connectivity index (χ3n) is 4.13. The molecule has 7 nitrogen and oxygen atoms in total. The Balaban J connectivity index is 1.48. The van der Waals surface area contributed by atoms with Gasteiger partial charge in [-0.3, -0.25) is 4.79 Å². The zero-order valence-electron chi connectivity index (χ0n) is 13.7. The number of morpholine rings is 1. The molecule has 2 aliphatic rings. The van der Waals surface area contributed by atoms with E-state index in [0.717, 1.165) is 45.1 Å². The second-order valence-electron chi connectivity index (χ2n) is 5.95. The SMILES string of the molecule is C[C@@H]1Oc2ccc(NC(=S)NCC[NH+]3CCOCC3)cc2NC1=O. The van der Waals surface area contributed by atoms with Crippen molar-refractivity contribution in [2.24, 2.45) is 0 Å². The number of anilines is 2. The Morgan fingerprint density at radius 3 is 3.00 bits per heavy atom. The van der Waals surface area contributed by atoms with E-state index in [-0.39, 0.29) is 5.91 Å². The van der Waals surface area contributed by atoms with Gasteiger partial charge in [-0.2, -0.15) is 0 Å². The molecule has 0 saturated carbocycles. The number of carbonyl (C=O) groups excluding carboxylic acids is 1. The third-order valence-corrected chi connectivity index (χ3v) is 4.38. The van der Waals surface area contributed by atoms with Crippen molar-refractivity contribution in [1.82, 2.24) is 5.32 Å². The van der Waals surface area contributed by atoms with Crippen LogP contribution in [0.5, 0.6) is 5.75 Å². The molecule has 0 unspecified atom stereocenters. The number of carbonyl (C=O) groups is 1. The molecule has 3 rings (SSSR count). The van der Waals surface area contributed by atoms with Crippen molar-refractivity contribution < 1.29 is 19.2 Å². The molecule has 0 radical (unpaired) electrons. The summed E-state index contributed by atoms with van der Waals surface area (Å²) in [5.41, 5.74) is 1.46. The molecule has 2 heterocycles. The maximum absolute atomic E-state index is 11.7. The third kappa shape index (κ3) is 4.34. The van der Waals surface area contributed by atoms with E-state index in [1.807, 2.05) is 18.2 Å². The molecule has 8 heteroatoms. The smallest absolute Gasteiger partial charge is 0.265 e. The average molecular weight is 351 g/mol. The number of rotatable bonds is 4. The molecule has 130 valence electrons. The van der Waals surface area contributed by atoms with Gasteiger partial charge in [0.15, 0.2) is 11.2 Å². The van der Waals surface area contributed by atoms with Gasteiger partial charge in [-0.25, -0.2) is 0 Å². The summed E-state index contributed by atoms with van der Waals surface area (Å²) in [5.74, 6) is 0.524. The number of fused-ring (bicyclic) bond motifs is 1. The Morgan fingerprint density at radius 2 is 2.21 bits per heavy atom. The molecule has 0 spiro atoms. The van der Waals surface area contributed by atoms with Crippen LogP contribution < -0.4 is 25.6 Å². The second-order valence-corrected chi connectivity index (χ2v) is 6.36. The van der Waals surface area contributed by atoms with Crippen LogP contribution in [-0.4, -0.2) is 56.5 Å². The number of benzene rings is 1. The zero-order chi connectivity index (χ0) is 16.9. The van der Waals surface area contributed by atoms with Gasteiger partial charge in [0.2, 0.25) is 0 Å². The molecule has 2 aliphatic heterocycles. The van der Waals surface area contributed by atoms with E-state index in [4.69, 9.17) is 21.7 Å². The first kappa shape index (κ1) is 16.9. The molecular formula is C16H23N4O3S+. The lowest BCUT2D eigenvalue weighted by atomic mass is 10.2. The highest BCUT2D eigenvalue weighted by atomic mass is 32.1. The maximum atomic E-state index is 11.7. The van der Waals surface area contributed by atoms with Crippen LogP contribution in [-0.2, 0) is 9.53 Å². The topological polar surface area (TPSA) is 76.1 Å². The van der Waals surface area contributed by atoms with Gasteiger partial charge in [-0.05, 0) is 37.3 Å². The fraction of sp³-hybridized carbons (Fsp3) is 0.500. The first-order chi connectivity index (χ1) is 11.6. The number of thiocarbonyl (C=S) groups is 1. The van der Waals surface area contributed by atoms with Gasteiger partial charge in [0.1, 0.15) is 18.8 Å². The van der Waals surface area contributed by atoms with Crippen LogP contribution in [0.3, 0.4) is 0 Å². The maximum Gasteiger partial charge on any atom is 0.265 e. The lowest BCUT2D eigenvalue weighted by Crippen LogP contribution is -3.14. The summed E-state index contributed by atoms with van der Waals surface area (Å²) in [5, 5.41) is 9.74. The molecule has 0 bridgehead atoms. The first-order valence-electron chi connectivity index (χ1n) is 8.19. The summed E-state index contributed by atoms with van der Waals surface area (Å²) in [6.45, 7) is 7.30. The van der Waals surface area contributed by atoms with Crippen molar-refractivity contribution >= 4 is 34.6 Å². The highest BCUT2D eigenvalue weighted by Crippen LogP contribution is 2.32. The average Bonchev–Trinajstić information content (AvgIpc) is 2.57. The van der Waals surface area contributed by atoms with Crippen LogP contribution >= 0.6 is 12.2 Å². The highest BCUT2D eigenvalue weighted by Gasteiger charge is 2.23. The van der Waals surface area contributed by atoms with E-state index in [2.05, 4.69) is 16.0 Å². The molecule has 1 fully saturated rings. The first-order valence-corrected chi connectivity index (χ1v) is 8.60. The Labute approximate surface area is 146 Å².